The predicted octanol–water partition coefficient (Wildman–Crippen LogP) is 3.62. The van der Waals surface area contributed by atoms with E-state index in [9.17, 15) is 5.26 Å². The number of aryl methyl sites for hydroxylation is 2. The van der Waals surface area contributed by atoms with Gasteiger partial charge in [0.25, 0.3) is 0 Å². The summed E-state index contributed by atoms with van der Waals surface area (Å²) in [5, 5.41) is 19.3. The average molecular weight is 397 g/mol. The Hall–Kier alpha value is -3.66. The van der Waals surface area contributed by atoms with E-state index < -0.39 is 0 Å². The summed E-state index contributed by atoms with van der Waals surface area (Å²) in [6.45, 7) is 1.75. The number of para-hydroxylation sites is 1. The third kappa shape index (κ3) is 2.92. The van der Waals surface area contributed by atoms with Gasteiger partial charge < -0.3 is 14.0 Å². The lowest BCUT2D eigenvalue weighted by Gasteiger charge is -2.35. The van der Waals surface area contributed by atoms with Crippen molar-refractivity contribution in [2.24, 2.45) is 14.1 Å². The summed E-state index contributed by atoms with van der Waals surface area (Å²) >= 11 is 0. The molecule has 1 aromatic carbocycles. The zero-order valence-electron chi connectivity index (χ0n) is 17.2. The van der Waals surface area contributed by atoms with Crippen LogP contribution in [-0.2, 0) is 14.1 Å². The molecule has 5 rings (SSSR count). The van der Waals surface area contributed by atoms with E-state index in [-0.39, 0.29) is 0 Å². The van der Waals surface area contributed by atoms with Crippen molar-refractivity contribution in [1.29, 1.82) is 5.26 Å². The maximum absolute atomic E-state index is 9.86. The van der Waals surface area contributed by atoms with Gasteiger partial charge in [-0.05, 0) is 25.0 Å². The zero-order chi connectivity index (χ0) is 20.7. The lowest BCUT2D eigenvalue weighted by Crippen LogP contribution is -2.34. The molecule has 3 aromatic heterocycles. The molecule has 1 aliphatic rings. The molecule has 0 bridgehead atoms. The highest BCUT2D eigenvalue weighted by molar-refractivity contribution is 5.99. The first-order chi connectivity index (χ1) is 14.7. The fourth-order valence-electron chi connectivity index (χ4n) is 4.61. The first kappa shape index (κ1) is 18.4. The van der Waals surface area contributed by atoms with Crippen LogP contribution in [0.5, 0.6) is 0 Å². The van der Waals surface area contributed by atoms with Crippen LogP contribution in [0, 0.1) is 11.3 Å². The highest BCUT2D eigenvalue weighted by atomic mass is 15.3. The van der Waals surface area contributed by atoms with Crippen LogP contribution in [0.15, 0.2) is 49.2 Å². The number of aromatic nitrogens is 5. The van der Waals surface area contributed by atoms with Crippen LogP contribution in [0.4, 0.5) is 5.69 Å². The smallest absolute Gasteiger partial charge is 0.135 e. The molecule has 0 saturated carbocycles. The number of fused-ring (bicyclic) bond motifs is 1. The standard InChI is InChI=1S/C23H23N7/c1-28-9-8-18-20(13-25-14-21(18)28)19-5-3-4-17(12-24)22(19)30-10-6-16(7-11-30)23-27-26-15-29(23)2/h3-5,8-9,13-16H,6-7,10-11H2,1-2H3. The zero-order valence-corrected chi connectivity index (χ0v) is 17.2. The normalized spacial score (nSPS) is 14.9. The van der Waals surface area contributed by atoms with Crippen molar-refractivity contribution in [2.75, 3.05) is 18.0 Å². The van der Waals surface area contributed by atoms with E-state index >= 15 is 0 Å². The van der Waals surface area contributed by atoms with Gasteiger partial charge >= 0.3 is 0 Å². The molecular formula is C23H23N7. The van der Waals surface area contributed by atoms with Gasteiger partial charge in [0.1, 0.15) is 18.2 Å². The maximum atomic E-state index is 9.86. The van der Waals surface area contributed by atoms with E-state index in [4.69, 9.17) is 0 Å². The highest BCUT2D eigenvalue weighted by Crippen LogP contribution is 2.39. The molecule has 0 spiro atoms. The summed E-state index contributed by atoms with van der Waals surface area (Å²) in [5.41, 5.74) is 4.93. The minimum atomic E-state index is 0.394. The number of piperidine rings is 1. The summed E-state index contributed by atoms with van der Waals surface area (Å²) in [5.74, 6) is 1.44. The van der Waals surface area contributed by atoms with Gasteiger partial charge in [-0.2, -0.15) is 5.26 Å². The molecule has 0 aliphatic carbocycles. The van der Waals surface area contributed by atoms with Crippen molar-refractivity contribution in [3.63, 3.8) is 0 Å². The second-order valence-corrected chi connectivity index (χ2v) is 7.92. The number of anilines is 1. The number of nitriles is 1. The van der Waals surface area contributed by atoms with Crippen LogP contribution in [0.2, 0.25) is 0 Å². The van der Waals surface area contributed by atoms with Crippen LogP contribution < -0.4 is 4.90 Å². The fraction of sp³-hybridized carbons (Fsp3) is 0.304. The predicted molar refractivity (Wildman–Crippen MR) is 116 cm³/mol. The Morgan fingerprint density at radius 1 is 1.03 bits per heavy atom. The minimum Gasteiger partial charge on any atom is -0.370 e. The van der Waals surface area contributed by atoms with Gasteiger partial charge in [-0.1, -0.05) is 12.1 Å². The largest absolute Gasteiger partial charge is 0.370 e. The van der Waals surface area contributed by atoms with Crippen molar-refractivity contribution < 1.29 is 0 Å². The van der Waals surface area contributed by atoms with Gasteiger partial charge in [0, 0.05) is 62.0 Å². The minimum absolute atomic E-state index is 0.394. The van der Waals surface area contributed by atoms with E-state index in [1.165, 1.54) is 0 Å². The van der Waals surface area contributed by atoms with Gasteiger partial charge in [0.2, 0.25) is 0 Å². The van der Waals surface area contributed by atoms with Gasteiger partial charge in [0.05, 0.1) is 23.0 Å². The Balaban J connectivity index is 1.55. The number of rotatable bonds is 3. The van der Waals surface area contributed by atoms with Crippen LogP contribution in [0.1, 0.15) is 30.1 Å². The summed E-state index contributed by atoms with van der Waals surface area (Å²) in [4.78, 5) is 6.83. The quantitative estimate of drug-likeness (QED) is 0.528. The van der Waals surface area contributed by atoms with Gasteiger partial charge in [0.15, 0.2) is 0 Å². The van der Waals surface area contributed by atoms with E-state index in [1.807, 2.05) is 43.2 Å². The molecule has 1 fully saturated rings. The molecule has 1 saturated heterocycles. The molecule has 7 nitrogen and oxygen atoms in total. The molecule has 4 aromatic rings. The third-order valence-corrected chi connectivity index (χ3v) is 6.18. The molecule has 0 unspecified atom stereocenters. The van der Waals surface area contributed by atoms with Crippen LogP contribution in [-0.4, -0.2) is 37.4 Å². The second-order valence-electron chi connectivity index (χ2n) is 7.92. The third-order valence-electron chi connectivity index (χ3n) is 6.18. The SMILES string of the molecule is Cn1cnnc1C1CCN(c2c(C#N)cccc2-c2cncc3c2ccn3C)CC1. The summed E-state index contributed by atoms with van der Waals surface area (Å²) < 4.78 is 4.09. The number of hydrogen-bond acceptors (Lipinski definition) is 5. The Labute approximate surface area is 175 Å². The Morgan fingerprint density at radius 3 is 2.60 bits per heavy atom. The number of hydrogen-bond donors (Lipinski definition) is 0. The highest BCUT2D eigenvalue weighted by Gasteiger charge is 2.27. The lowest BCUT2D eigenvalue weighted by atomic mass is 9.92. The molecule has 7 heteroatoms. The molecule has 30 heavy (non-hydrogen) atoms. The van der Waals surface area contributed by atoms with Crippen LogP contribution in [0.3, 0.4) is 0 Å². The van der Waals surface area contributed by atoms with Crippen molar-refractivity contribution in [3.8, 4) is 17.2 Å². The van der Waals surface area contributed by atoms with Gasteiger partial charge in [-0.3, -0.25) is 4.98 Å². The van der Waals surface area contributed by atoms with E-state index in [2.05, 4.69) is 49.0 Å². The Morgan fingerprint density at radius 2 is 1.87 bits per heavy atom. The first-order valence-electron chi connectivity index (χ1n) is 10.2. The average Bonchev–Trinajstić information content (AvgIpc) is 3.39. The van der Waals surface area contributed by atoms with Crippen LogP contribution in [0.25, 0.3) is 22.0 Å². The summed E-state index contributed by atoms with van der Waals surface area (Å²) in [6.07, 6.45) is 9.58. The fourth-order valence-corrected chi connectivity index (χ4v) is 4.61. The molecule has 0 radical (unpaired) electrons. The lowest BCUT2D eigenvalue weighted by molar-refractivity contribution is 0.474. The second kappa shape index (κ2) is 7.30. The Kier molecular flexibility index (Phi) is 4.47. The molecule has 4 heterocycles. The molecule has 150 valence electrons. The van der Waals surface area contributed by atoms with Crippen molar-refractivity contribution >= 4 is 16.6 Å². The van der Waals surface area contributed by atoms with Crippen molar-refractivity contribution in [3.05, 3.63) is 60.6 Å². The Bertz CT molecular complexity index is 1250. The molecule has 0 N–H and O–H groups in total. The topological polar surface area (TPSA) is 75.6 Å². The van der Waals surface area contributed by atoms with E-state index in [0.29, 0.717) is 11.5 Å². The number of nitrogens with zero attached hydrogens (tertiary/aromatic N) is 7. The van der Waals surface area contributed by atoms with Crippen LogP contribution >= 0.6 is 0 Å². The van der Waals surface area contributed by atoms with Crippen molar-refractivity contribution in [1.82, 2.24) is 24.3 Å². The summed E-state index contributed by atoms with van der Waals surface area (Å²) in [6, 6.07) is 10.5. The number of benzene rings is 1. The van der Waals surface area contributed by atoms with Gasteiger partial charge in [-0.25, -0.2) is 0 Å². The first-order valence-corrected chi connectivity index (χ1v) is 10.2. The summed E-state index contributed by atoms with van der Waals surface area (Å²) in [7, 11) is 4.02. The molecule has 1 aliphatic heterocycles. The molecule has 0 atom stereocenters. The van der Waals surface area contributed by atoms with E-state index in [1.54, 1.807) is 6.33 Å². The maximum Gasteiger partial charge on any atom is 0.135 e. The van der Waals surface area contributed by atoms with Gasteiger partial charge in [-0.15, -0.1) is 10.2 Å². The molecular weight excluding hydrogens is 374 g/mol. The number of pyridine rings is 1. The molecule has 0 amide bonds. The van der Waals surface area contributed by atoms with Crippen molar-refractivity contribution in [2.45, 2.75) is 18.8 Å². The monoisotopic (exact) mass is 397 g/mol. The van der Waals surface area contributed by atoms with E-state index in [0.717, 1.165) is 59.5 Å².